The monoisotopic (exact) mass is 528 g/mol. The summed E-state index contributed by atoms with van der Waals surface area (Å²) in [5.41, 5.74) is 7.57. The van der Waals surface area contributed by atoms with Gasteiger partial charge in [-0.2, -0.15) is 0 Å². The summed E-state index contributed by atoms with van der Waals surface area (Å²) >= 11 is 0. The van der Waals surface area contributed by atoms with E-state index >= 15 is 0 Å². The minimum atomic E-state index is -1.57. The van der Waals surface area contributed by atoms with Gasteiger partial charge >= 0.3 is 5.97 Å². The summed E-state index contributed by atoms with van der Waals surface area (Å²) < 4.78 is 0. The van der Waals surface area contributed by atoms with Crippen molar-refractivity contribution in [2.45, 2.75) is 63.9 Å². The van der Waals surface area contributed by atoms with Gasteiger partial charge in [0.15, 0.2) is 6.04 Å². The zero-order chi connectivity index (χ0) is 28.4. The number of phenolic OH excluding ortho intramolecular Hbond substituents is 1. The first kappa shape index (κ1) is 30.3. The molecule has 0 aliphatic rings. The number of aliphatic hydroxyl groups is 1. The van der Waals surface area contributed by atoms with Crippen LogP contribution in [-0.2, 0) is 32.0 Å². The molecule has 2 aromatic carbocycles. The van der Waals surface area contributed by atoms with E-state index in [1.54, 1.807) is 26.0 Å². The summed E-state index contributed by atoms with van der Waals surface area (Å²) in [6.07, 6.45) is -1.09. The van der Waals surface area contributed by atoms with E-state index in [1.165, 1.54) is 19.1 Å². The number of hydrogen-bond acceptors (Lipinski definition) is 7. The molecule has 0 aromatic heterocycles. The van der Waals surface area contributed by atoms with Crippen LogP contribution in [0.2, 0.25) is 0 Å². The predicted molar refractivity (Wildman–Crippen MR) is 140 cm³/mol. The molecule has 0 saturated carbocycles. The van der Waals surface area contributed by atoms with Gasteiger partial charge in [0.25, 0.3) is 0 Å². The molecule has 2 aromatic rings. The van der Waals surface area contributed by atoms with Gasteiger partial charge in [0.1, 0.15) is 17.8 Å². The van der Waals surface area contributed by atoms with Crippen LogP contribution < -0.4 is 21.7 Å². The summed E-state index contributed by atoms with van der Waals surface area (Å²) in [6.45, 7) is 4.54. The van der Waals surface area contributed by atoms with Crippen molar-refractivity contribution in [2.24, 2.45) is 11.7 Å². The number of nitrogens with two attached hydrogens (primary N) is 1. The molecule has 0 spiro atoms. The summed E-state index contributed by atoms with van der Waals surface area (Å²) in [7, 11) is 0. The van der Waals surface area contributed by atoms with Gasteiger partial charge < -0.3 is 37.0 Å². The van der Waals surface area contributed by atoms with E-state index in [4.69, 9.17) is 5.73 Å². The molecular weight excluding hydrogens is 492 g/mol. The maximum Gasteiger partial charge on any atom is 0.328 e. The Kier molecular flexibility index (Phi) is 11.2. The molecule has 0 fully saturated rings. The van der Waals surface area contributed by atoms with E-state index in [9.17, 15) is 34.5 Å². The number of aliphatic carboxylic acids is 1. The van der Waals surface area contributed by atoms with Gasteiger partial charge in [-0.15, -0.1) is 0 Å². The summed E-state index contributed by atoms with van der Waals surface area (Å²) in [5, 5.41) is 36.1. The van der Waals surface area contributed by atoms with E-state index in [2.05, 4.69) is 16.0 Å². The average Bonchev–Trinajstić information content (AvgIpc) is 2.86. The zero-order valence-electron chi connectivity index (χ0n) is 21.6. The van der Waals surface area contributed by atoms with Crippen LogP contribution >= 0.6 is 0 Å². The third-order valence-corrected chi connectivity index (χ3v) is 5.94. The van der Waals surface area contributed by atoms with Crippen LogP contribution in [0.3, 0.4) is 0 Å². The van der Waals surface area contributed by atoms with E-state index < -0.39 is 59.9 Å². The van der Waals surface area contributed by atoms with Crippen LogP contribution in [-0.4, -0.2) is 69.3 Å². The van der Waals surface area contributed by atoms with Crippen LogP contribution in [0.5, 0.6) is 5.75 Å². The number of carboxylic acids is 1. The van der Waals surface area contributed by atoms with Crippen molar-refractivity contribution < 1.29 is 34.5 Å². The number of carboxylic acid groups (broad SMARTS) is 1. The molecule has 0 heterocycles. The van der Waals surface area contributed by atoms with Gasteiger partial charge in [0.2, 0.25) is 17.7 Å². The topological polar surface area (TPSA) is 191 Å². The highest BCUT2D eigenvalue weighted by Gasteiger charge is 2.33. The zero-order valence-corrected chi connectivity index (χ0v) is 21.6. The van der Waals surface area contributed by atoms with E-state index in [0.29, 0.717) is 5.56 Å². The lowest BCUT2D eigenvalue weighted by Crippen LogP contribution is -2.60. The lowest BCUT2D eigenvalue weighted by atomic mass is 9.99. The molecule has 2 rings (SSSR count). The maximum absolute atomic E-state index is 13.3. The molecule has 3 amide bonds. The Morgan fingerprint density at radius 3 is 1.84 bits per heavy atom. The molecule has 0 aliphatic carbocycles. The smallest absolute Gasteiger partial charge is 0.328 e. The van der Waals surface area contributed by atoms with Crippen molar-refractivity contribution in [2.75, 3.05) is 0 Å². The average molecular weight is 529 g/mol. The Labute approximate surface area is 221 Å². The number of benzene rings is 2. The van der Waals surface area contributed by atoms with Crippen LogP contribution in [0.15, 0.2) is 54.6 Å². The molecule has 0 bridgehead atoms. The normalized spacial score (nSPS) is 15.0. The minimum Gasteiger partial charge on any atom is -0.508 e. The fourth-order valence-corrected chi connectivity index (χ4v) is 3.74. The second-order valence-corrected chi connectivity index (χ2v) is 9.52. The third-order valence-electron chi connectivity index (χ3n) is 5.94. The lowest BCUT2D eigenvalue weighted by molar-refractivity contribution is -0.145. The van der Waals surface area contributed by atoms with Crippen LogP contribution in [0.4, 0.5) is 0 Å². The van der Waals surface area contributed by atoms with Gasteiger partial charge in [-0.25, -0.2) is 4.79 Å². The Morgan fingerprint density at radius 1 is 0.763 bits per heavy atom. The summed E-state index contributed by atoms with van der Waals surface area (Å²) in [5.74, 6) is -3.89. The standard InChI is InChI=1S/C27H36N4O7/c1-15(2)22(26(36)31-23(16(3)32)27(37)38)30-25(35)21(14-18-9-11-19(33)12-10-18)29-24(34)20(28)13-17-7-5-4-6-8-17/h4-12,15-16,20-23,32-33H,13-14,28H2,1-3H3,(H,29,34)(H,30,35)(H,31,36)(H,37,38)/t16-,20+,21+,22+,23+/m1/s1. The first-order valence-electron chi connectivity index (χ1n) is 12.3. The number of hydrogen-bond donors (Lipinski definition) is 7. The molecule has 0 aliphatic heterocycles. The molecule has 0 saturated heterocycles. The number of amides is 3. The molecule has 0 radical (unpaired) electrons. The van der Waals surface area contributed by atoms with E-state index in [0.717, 1.165) is 5.56 Å². The van der Waals surface area contributed by atoms with Gasteiger partial charge in [0.05, 0.1) is 12.1 Å². The quantitative estimate of drug-likeness (QED) is 0.190. The third kappa shape index (κ3) is 9.16. The van der Waals surface area contributed by atoms with Crippen LogP contribution in [0.25, 0.3) is 0 Å². The lowest BCUT2D eigenvalue weighted by Gasteiger charge is -2.27. The molecule has 38 heavy (non-hydrogen) atoms. The van der Waals surface area contributed by atoms with Crippen molar-refractivity contribution in [1.29, 1.82) is 0 Å². The second-order valence-electron chi connectivity index (χ2n) is 9.52. The number of carbonyl (C=O) groups excluding carboxylic acids is 3. The van der Waals surface area contributed by atoms with Crippen molar-refractivity contribution in [1.82, 2.24) is 16.0 Å². The molecule has 11 heteroatoms. The van der Waals surface area contributed by atoms with E-state index in [1.807, 2.05) is 30.3 Å². The second kappa shape index (κ2) is 14.1. The Bertz CT molecular complexity index is 1090. The van der Waals surface area contributed by atoms with Crippen molar-refractivity contribution in [3.8, 4) is 5.75 Å². The molecule has 206 valence electrons. The fourth-order valence-electron chi connectivity index (χ4n) is 3.74. The number of nitrogens with one attached hydrogen (secondary N) is 3. The van der Waals surface area contributed by atoms with Gasteiger partial charge in [-0.1, -0.05) is 56.3 Å². The summed E-state index contributed by atoms with van der Waals surface area (Å²) in [4.78, 5) is 50.5. The highest BCUT2D eigenvalue weighted by Crippen LogP contribution is 2.13. The fraction of sp³-hybridized carbons (Fsp3) is 0.407. The molecular formula is C27H36N4O7. The number of aliphatic hydroxyl groups excluding tert-OH is 1. The first-order valence-corrected chi connectivity index (χ1v) is 12.3. The van der Waals surface area contributed by atoms with E-state index in [-0.39, 0.29) is 18.6 Å². The minimum absolute atomic E-state index is 0.0336. The largest absolute Gasteiger partial charge is 0.508 e. The SMILES string of the molecule is CC(C)[C@H](NC(=O)[C@H](Cc1ccc(O)cc1)NC(=O)[C@@H](N)Cc1ccccc1)C(=O)N[C@H](C(=O)O)[C@@H](C)O. The van der Waals surface area contributed by atoms with Crippen molar-refractivity contribution >= 4 is 23.7 Å². The molecule has 8 N–H and O–H groups in total. The first-order chi connectivity index (χ1) is 17.9. The number of phenols is 1. The van der Waals surface area contributed by atoms with Crippen molar-refractivity contribution in [3.63, 3.8) is 0 Å². The number of rotatable bonds is 13. The molecule has 0 unspecified atom stereocenters. The van der Waals surface area contributed by atoms with Gasteiger partial charge in [-0.3, -0.25) is 14.4 Å². The number of carbonyl (C=O) groups is 4. The molecule has 11 nitrogen and oxygen atoms in total. The van der Waals surface area contributed by atoms with Crippen molar-refractivity contribution in [3.05, 3.63) is 65.7 Å². The van der Waals surface area contributed by atoms with Crippen LogP contribution in [0, 0.1) is 5.92 Å². The Morgan fingerprint density at radius 2 is 1.32 bits per heavy atom. The molecule has 5 atom stereocenters. The van der Waals surface area contributed by atoms with Gasteiger partial charge in [0, 0.05) is 6.42 Å². The number of aromatic hydroxyl groups is 1. The Balaban J connectivity index is 2.22. The highest BCUT2D eigenvalue weighted by molar-refractivity contribution is 5.94. The highest BCUT2D eigenvalue weighted by atomic mass is 16.4. The maximum atomic E-state index is 13.3. The predicted octanol–water partition coefficient (Wildman–Crippen LogP) is 0.0805. The Hall–Kier alpha value is -3.96. The van der Waals surface area contributed by atoms with Crippen LogP contribution in [0.1, 0.15) is 31.9 Å². The van der Waals surface area contributed by atoms with Gasteiger partial charge in [-0.05, 0) is 42.5 Å². The summed E-state index contributed by atoms with van der Waals surface area (Å²) in [6, 6.07) is 10.4.